The zero-order chi connectivity index (χ0) is 17.8. The van der Waals surface area contributed by atoms with Crippen LogP contribution in [-0.4, -0.2) is 38.2 Å². The Morgan fingerprint density at radius 2 is 1.96 bits per heavy atom. The maximum Gasteiger partial charge on any atom is 0.195 e. The Balaban J connectivity index is 1.53. The van der Waals surface area contributed by atoms with Crippen LogP contribution in [0.1, 0.15) is 5.56 Å². The number of fused-ring (bicyclic) bond motifs is 1. The van der Waals surface area contributed by atoms with Gasteiger partial charge in [-0.2, -0.15) is 0 Å². The molecular formula is C16H14Cl3N3O2S. The van der Waals surface area contributed by atoms with Gasteiger partial charge in [0.15, 0.2) is 10.8 Å². The summed E-state index contributed by atoms with van der Waals surface area (Å²) in [5.74, 6) is 0.396. The van der Waals surface area contributed by atoms with Crippen molar-refractivity contribution in [2.45, 2.75) is 17.9 Å². The van der Waals surface area contributed by atoms with Crippen molar-refractivity contribution < 1.29 is 9.84 Å². The van der Waals surface area contributed by atoms with Crippen molar-refractivity contribution in [2.24, 2.45) is 0 Å². The molecule has 1 N–H and O–H groups in total. The van der Waals surface area contributed by atoms with Crippen molar-refractivity contribution in [1.29, 1.82) is 0 Å². The zero-order valence-electron chi connectivity index (χ0n) is 12.9. The van der Waals surface area contributed by atoms with Gasteiger partial charge in [0, 0.05) is 17.0 Å². The highest BCUT2D eigenvalue weighted by molar-refractivity contribution is 7.99. The van der Waals surface area contributed by atoms with Gasteiger partial charge in [-0.25, -0.2) is 0 Å². The number of halogens is 3. The van der Waals surface area contributed by atoms with Gasteiger partial charge in [0.05, 0.1) is 29.4 Å². The van der Waals surface area contributed by atoms with E-state index in [1.54, 1.807) is 22.7 Å². The predicted molar refractivity (Wildman–Crippen MR) is 101 cm³/mol. The summed E-state index contributed by atoms with van der Waals surface area (Å²) in [5.41, 5.74) is 1.41. The fourth-order valence-corrected chi connectivity index (χ4v) is 3.65. The first-order valence-corrected chi connectivity index (χ1v) is 9.48. The van der Waals surface area contributed by atoms with Crippen molar-refractivity contribution in [2.75, 3.05) is 12.4 Å². The van der Waals surface area contributed by atoms with Crippen molar-refractivity contribution in [1.82, 2.24) is 14.6 Å². The highest BCUT2D eigenvalue weighted by atomic mass is 35.5. The van der Waals surface area contributed by atoms with Crippen LogP contribution in [0.3, 0.4) is 0 Å². The van der Waals surface area contributed by atoms with E-state index in [0.29, 0.717) is 38.2 Å². The molecule has 2 aromatic heterocycles. The second kappa shape index (κ2) is 8.58. The van der Waals surface area contributed by atoms with E-state index in [4.69, 9.17) is 39.5 Å². The zero-order valence-corrected chi connectivity index (χ0v) is 16.0. The molecular weight excluding hydrogens is 405 g/mol. The Labute approximate surface area is 163 Å². The number of thioether (sulfide) groups is 1. The van der Waals surface area contributed by atoms with Crippen LogP contribution in [0.5, 0.6) is 0 Å². The molecule has 25 heavy (non-hydrogen) atoms. The molecule has 9 heteroatoms. The maximum atomic E-state index is 10.1. The third-order valence-corrected chi connectivity index (χ3v) is 5.27. The molecule has 2 heterocycles. The molecule has 3 aromatic rings. The van der Waals surface area contributed by atoms with Crippen LogP contribution in [0.2, 0.25) is 15.1 Å². The Morgan fingerprint density at radius 1 is 1.16 bits per heavy atom. The van der Waals surface area contributed by atoms with Crippen LogP contribution >= 0.6 is 46.6 Å². The molecule has 0 saturated heterocycles. The molecule has 132 valence electrons. The second-order valence-corrected chi connectivity index (χ2v) is 7.49. The first kappa shape index (κ1) is 18.8. The van der Waals surface area contributed by atoms with Crippen LogP contribution in [0.4, 0.5) is 0 Å². The molecule has 0 aliphatic rings. The van der Waals surface area contributed by atoms with Crippen LogP contribution in [-0.2, 0) is 11.3 Å². The van der Waals surface area contributed by atoms with E-state index in [0.717, 1.165) is 5.56 Å². The van der Waals surface area contributed by atoms with Gasteiger partial charge in [0.2, 0.25) is 0 Å². The largest absolute Gasteiger partial charge is 0.390 e. The van der Waals surface area contributed by atoms with Crippen molar-refractivity contribution in [3.63, 3.8) is 0 Å². The van der Waals surface area contributed by atoms with Gasteiger partial charge < -0.3 is 9.84 Å². The minimum Gasteiger partial charge on any atom is -0.390 e. The van der Waals surface area contributed by atoms with Crippen LogP contribution < -0.4 is 0 Å². The fraction of sp³-hybridized carbons (Fsp3) is 0.250. The Hall–Kier alpha value is -1.02. The molecule has 0 radical (unpaired) electrons. The molecule has 0 bridgehead atoms. The molecule has 1 atom stereocenters. The summed E-state index contributed by atoms with van der Waals surface area (Å²) in [4.78, 5) is 0. The molecule has 0 fully saturated rings. The summed E-state index contributed by atoms with van der Waals surface area (Å²) in [6.45, 7) is 0.539. The maximum absolute atomic E-state index is 10.1. The van der Waals surface area contributed by atoms with Crippen molar-refractivity contribution >= 4 is 52.2 Å². The molecule has 5 nitrogen and oxygen atoms in total. The summed E-state index contributed by atoms with van der Waals surface area (Å²) in [6.07, 6.45) is 1.03. The summed E-state index contributed by atoms with van der Waals surface area (Å²) >= 11 is 19.5. The van der Waals surface area contributed by atoms with Gasteiger partial charge in [0.1, 0.15) is 0 Å². The van der Waals surface area contributed by atoms with E-state index in [1.165, 1.54) is 11.8 Å². The standard InChI is InChI=1S/C16H14Cl3N3O2S/c17-11-5-14(19)15-20-21-16(22(15)6-11)25-9-12(23)8-24-7-10-3-1-2-4-13(10)18/h1-6,12,23H,7-9H2/t12-/m1/s1. The number of hydrogen-bond acceptors (Lipinski definition) is 5. The topological polar surface area (TPSA) is 59.7 Å². The lowest BCUT2D eigenvalue weighted by molar-refractivity contribution is 0.0398. The number of rotatable bonds is 7. The second-order valence-electron chi connectivity index (χ2n) is 5.25. The lowest BCUT2D eigenvalue weighted by atomic mass is 10.2. The minimum absolute atomic E-state index is 0.191. The first-order valence-electron chi connectivity index (χ1n) is 7.36. The van der Waals surface area contributed by atoms with Gasteiger partial charge >= 0.3 is 0 Å². The molecule has 0 saturated carbocycles. The van der Waals surface area contributed by atoms with Crippen LogP contribution in [0, 0.1) is 0 Å². The van der Waals surface area contributed by atoms with Crippen molar-refractivity contribution in [3.8, 4) is 0 Å². The van der Waals surface area contributed by atoms with Gasteiger partial charge in [-0.3, -0.25) is 4.40 Å². The first-order chi connectivity index (χ1) is 12.0. The number of aliphatic hydroxyl groups excluding tert-OH is 1. The molecule has 0 unspecified atom stereocenters. The monoisotopic (exact) mass is 417 g/mol. The molecule has 1 aromatic carbocycles. The van der Waals surface area contributed by atoms with Gasteiger partial charge in [-0.15, -0.1) is 10.2 Å². The highest BCUT2D eigenvalue weighted by Gasteiger charge is 2.13. The van der Waals surface area contributed by atoms with Gasteiger partial charge in [0.25, 0.3) is 0 Å². The number of aliphatic hydroxyl groups is 1. The third-order valence-electron chi connectivity index (χ3n) is 3.33. The number of ether oxygens (including phenoxy) is 1. The Bertz CT molecular complexity index is 875. The molecule has 3 rings (SSSR count). The third kappa shape index (κ3) is 4.78. The van der Waals surface area contributed by atoms with E-state index in [9.17, 15) is 5.11 Å². The van der Waals surface area contributed by atoms with Crippen LogP contribution in [0.15, 0.2) is 41.7 Å². The van der Waals surface area contributed by atoms with Crippen LogP contribution in [0.25, 0.3) is 5.65 Å². The Kier molecular flexibility index (Phi) is 6.44. The average molecular weight is 419 g/mol. The Morgan fingerprint density at radius 3 is 2.76 bits per heavy atom. The molecule has 0 spiro atoms. The van der Waals surface area contributed by atoms with E-state index < -0.39 is 6.10 Å². The normalized spacial score (nSPS) is 12.6. The quantitative estimate of drug-likeness (QED) is 0.578. The summed E-state index contributed by atoms with van der Waals surface area (Å²) in [6, 6.07) is 9.06. The van der Waals surface area contributed by atoms with E-state index in [-0.39, 0.29) is 6.61 Å². The van der Waals surface area contributed by atoms with E-state index in [1.807, 2.05) is 18.2 Å². The van der Waals surface area contributed by atoms with Crippen molar-refractivity contribution in [3.05, 3.63) is 57.2 Å². The van der Waals surface area contributed by atoms with Gasteiger partial charge in [-0.1, -0.05) is 64.8 Å². The van der Waals surface area contributed by atoms with E-state index >= 15 is 0 Å². The number of aromatic nitrogens is 3. The number of nitrogens with zero attached hydrogens (tertiary/aromatic N) is 3. The molecule has 0 aliphatic carbocycles. The SMILES string of the molecule is O[C@H](COCc1ccccc1Cl)CSc1nnc2c(Cl)cc(Cl)cn12. The lowest BCUT2D eigenvalue weighted by Crippen LogP contribution is -2.18. The number of pyridine rings is 1. The average Bonchev–Trinajstić information content (AvgIpc) is 2.98. The number of benzene rings is 1. The minimum atomic E-state index is -0.658. The molecule has 0 aliphatic heterocycles. The smallest absolute Gasteiger partial charge is 0.195 e. The summed E-state index contributed by atoms with van der Waals surface area (Å²) in [7, 11) is 0. The fourth-order valence-electron chi connectivity index (χ4n) is 2.14. The number of hydrogen-bond donors (Lipinski definition) is 1. The summed E-state index contributed by atoms with van der Waals surface area (Å²) in [5, 5.41) is 20.3. The highest BCUT2D eigenvalue weighted by Crippen LogP contribution is 2.25. The van der Waals surface area contributed by atoms with E-state index in [2.05, 4.69) is 10.2 Å². The predicted octanol–water partition coefficient (Wildman–Crippen LogP) is 4.36. The molecule has 0 amide bonds. The lowest BCUT2D eigenvalue weighted by Gasteiger charge is -2.11. The van der Waals surface area contributed by atoms with Gasteiger partial charge in [-0.05, 0) is 17.7 Å². The summed E-state index contributed by atoms with van der Waals surface area (Å²) < 4.78 is 7.23.